The summed E-state index contributed by atoms with van der Waals surface area (Å²) in [5.74, 6) is 0.175. The summed E-state index contributed by atoms with van der Waals surface area (Å²) in [4.78, 5) is 18.3. The lowest BCUT2D eigenvalue weighted by Crippen LogP contribution is -2.41. The molecule has 1 aliphatic heterocycles. The lowest BCUT2D eigenvalue weighted by Gasteiger charge is -2.27. The van der Waals surface area contributed by atoms with E-state index in [1.54, 1.807) is 17.0 Å². The molecule has 0 spiro atoms. The molecule has 1 saturated carbocycles. The predicted molar refractivity (Wildman–Crippen MR) is 107 cm³/mol. The van der Waals surface area contributed by atoms with Crippen molar-refractivity contribution >= 4 is 17.4 Å². The molecule has 2 aromatic rings. The van der Waals surface area contributed by atoms with E-state index in [2.05, 4.69) is 10.3 Å². The average molecular weight is 384 g/mol. The molecule has 2 aliphatic rings. The third-order valence-electron chi connectivity index (χ3n) is 5.39. The lowest BCUT2D eigenvalue weighted by molar-refractivity contribution is -0.125. The standard InChI is InChI=1S/C21H25FN4O2/c22-18-8-9-19(24-16-6-4-15(23)5-7-16)25-21(18)14-2-1-3-17(12-14)26-10-11-28-13-20(26)27/h1-3,8-9,12,15-16H,4-7,10-11,13,23H2,(H,24,25). The van der Waals surface area contributed by atoms with Gasteiger partial charge in [-0.2, -0.15) is 0 Å². The molecule has 0 bridgehead atoms. The Morgan fingerprint density at radius 3 is 2.79 bits per heavy atom. The first-order valence-electron chi connectivity index (χ1n) is 9.77. The van der Waals surface area contributed by atoms with Crippen molar-refractivity contribution in [2.45, 2.75) is 37.8 Å². The third kappa shape index (κ3) is 4.15. The topological polar surface area (TPSA) is 80.5 Å². The first-order chi connectivity index (χ1) is 13.6. The molecule has 1 aromatic heterocycles. The number of benzene rings is 1. The molecular formula is C21H25FN4O2. The van der Waals surface area contributed by atoms with Crippen LogP contribution in [0.3, 0.4) is 0 Å². The number of nitrogens with one attached hydrogen (secondary N) is 1. The zero-order valence-corrected chi connectivity index (χ0v) is 15.7. The number of carbonyl (C=O) groups is 1. The lowest BCUT2D eigenvalue weighted by atomic mass is 9.92. The molecule has 0 unspecified atom stereocenters. The molecule has 7 heteroatoms. The molecule has 28 heavy (non-hydrogen) atoms. The summed E-state index contributed by atoms with van der Waals surface area (Å²) in [5.41, 5.74) is 7.62. The summed E-state index contributed by atoms with van der Waals surface area (Å²) < 4.78 is 19.7. The van der Waals surface area contributed by atoms with Crippen LogP contribution in [-0.2, 0) is 9.53 Å². The number of nitrogens with zero attached hydrogens (tertiary/aromatic N) is 2. The molecule has 3 N–H and O–H groups in total. The zero-order chi connectivity index (χ0) is 19.5. The largest absolute Gasteiger partial charge is 0.370 e. The van der Waals surface area contributed by atoms with Crippen LogP contribution in [0.15, 0.2) is 36.4 Å². The van der Waals surface area contributed by atoms with Crippen molar-refractivity contribution in [3.8, 4) is 11.3 Å². The summed E-state index contributed by atoms with van der Waals surface area (Å²) >= 11 is 0. The summed E-state index contributed by atoms with van der Waals surface area (Å²) in [6, 6.07) is 11.0. The fourth-order valence-corrected chi connectivity index (χ4v) is 3.81. The molecule has 6 nitrogen and oxygen atoms in total. The molecule has 0 radical (unpaired) electrons. The SMILES string of the molecule is NC1CCC(Nc2ccc(F)c(-c3cccc(N4CCOCC4=O)c3)n2)CC1. The first kappa shape index (κ1) is 18.8. The molecule has 1 aliphatic carbocycles. The highest BCUT2D eigenvalue weighted by atomic mass is 19.1. The minimum Gasteiger partial charge on any atom is -0.370 e. The Morgan fingerprint density at radius 2 is 2.00 bits per heavy atom. The molecule has 4 rings (SSSR count). The van der Waals surface area contributed by atoms with Crippen LogP contribution in [-0.4, -0.2) is 42.7 Å². The van der Waals surface area contributed by atoms with Crippen LogP contribution in [0.25, 0.3) is 11.3 Å². The monoisotopic (exact) mass is 384 g/mol. The Bertz CT molecular complexity index is 852. The van der Waals surface area contributed by atoms with E-state index in [1.807, 2.05) is 18.2 Å². The molecule has 1 amide bonds. The predicted octanol–water partition coefficient (Wildman–Crippen LogP) is 2.93. The van der Waals surface area contributed by atoms with Gasteiger partial charge in [-0.1, -0.05) is 12.1 Å². The number of nitrogens with two attached hydrogens (primary N) is 1. The van der Waals surface area contributed by atoms with Gasteiger partial charge in [-0.15, -0.1) is 0 Å². The fourth-order valence-electron chi connectivity index (χ4n) is 3.81. The van der Waals surface area contributed by atoms with Gasteiger partial charge in [0, 0.05) is 29.9 Å². The van der Waals surface area contributed by atoms with Crippen LogP contribution < -0.4 is 16.0 Å². The number of amides is 1. The molecule has 0 atom stereocenters. The number of morpholine rings is 1. The summed E-state index contributed by atoms with van der Waals surface area (Å²) in [7, 11) is 0. The van der Waals surface area contributed by atoms with Gasteiger partial charge in [0.2, 0.25) is 0 Å². The zero-order valence-electron chi connectivity index (χ0n) is 15.7. The molecular weight excluding hydrogens is 359 g/mol. The number of halogens is 1. The van der Waals surface area contributed by atoms with Gasteiger partial charge in [-0.05, 0) is 49.9 Å². The van der Waals surface area contributed by atoms with Crippen molar-refractivity contribution in [2.75, 3.05) is 30.0 Å². The average Bonchev–Trinajstić information content (AvgIpc) is 2.71. The number of hydrogen-bond donors (Lipinski definition) is 2. The van der Waals surface area contributed by atoms with E-state index < -0.39 is 0 Å². The van der Waals surface area contributed by atoms with Crippen molar-refractivity contribution in [2.24, 2.45) is 5.73 Å². The van der Waals surface area contributed by atoms with E-state index in [0.29, 0.717) is 30.6 Å². The second-order valence-electron chi connectivity index (χ2n) is 7.43. The highest BCUT2D eigenvalue weighted by molar-refractivity contribution is 5.95. The van der Waals surface area contributed by atoms with Gasteiger partial charge in [0.1, 0.15) is 23.9 Å². The Morgan fingerprint density at radius 1 is 1.18 bits per heavy atom. The number of ether oxygens (including phenoxy) is 1. The minimum atomic E-state index is -0.387. The molecule has 2 fully saturated rings. The van der Waals surface area contributed by atoms with E-state index >= 15 is 0 Å². The minimum absolute atomic E-state index is 0.0707. The Balaban J connectivity index is 1.56. The van der Waals surface area contributed by atoms with Crippen molar-refractivity contribution < 1.29 is 13.9 Å². The Hall–Kier alpha value is -2.51. The summed E-state index contributed by atoms with van der Waals surface area (Å²) in [6.45, 7) is 1.05. The van der Waals surface area contributed by atoms with Crippen LogP contribution in [0.1, 0.15) is 25.7 Å². The van der Waals surface area contributed by atoms with E-state index in [4.69, 9.17) is 10.5 Å². The highest BCUT2D eigenvalue weighted by Gasteiger charge is 2.22. The van der Waals surface area contributed by atoms with Crippen molar-refractivity contribution in [3.05, 3.63) is 42.2 Å². The maximum Gasteiger partial charge on any atom is 0.253 e. The van der Waals surface area contributed by atoms with Crippen molar-refractivity contribution in [1.82, 2.24) is 4.98 Å². The second-order valence-corrected chi connectivity index (χ2v) is 7.43. The second kappa shape index (κ2) is 8.24. The van der Waals surface area contributed by atoms with Gasteiger partial charge >= 0.3 is 0 Å². The number of anilines is 2. The maximum absolute atomic E-state index is 14.5. The summed E-state index contributed by atoms with van der Waals surface area (Å²) in [5, 5.41) is 3.41. The number of rotatable bonds is 4. The van der Waals surface area contributed by atoms with Crippen LogP contribution in [0.2, 0.25) is 0 Å². The number of carbonyl (C=O) groups excluding carboxylic acids is 1. The Kier molecular flexibility index (Phi) is 5.54. The van der Waals surface area contributed by atoms with Crippen molar-refractivity contribution in [1.29, 1.82) is 0 Å². The quantitative estimate of drug-likeness (QED) is 0.847. The maximum atomic E-state index is 14.5. The van der Waals surface area contributed by atoms with Crippen LogP contribution in [0, 0.1) is 5.82 Å². The van der Waals surface area contributed by atoms with E-state index in [9.17, 15) is 9.18 Å². The van der Waals surface area contributed by atoms with Crippen LogP contribution in [0.4, 0.5) is 15.9 Å². The number of aromatic nitrogens is 1. The normalized spacial score (nSPS) is 22.9. The van der Waals surface area contributed by atoms with Gasteiger partial charge < -0.3 is 20.7 Å². The van der Waals surface area contributed by atoms with Crippen LogP contribution in [0.5, 0.6) is 0 Å². The van der Waals surface area contributed by atoms with E-state index in [1.165, 1.54) is 6.07 Å². The molecule has 1 aromatic carbocycles. The smallest absolute Gasteiger partial charge is 0.253 e. The van der Waals surface area contributed by atoms with Gasteiger partial charge in [0.05, 0.1) is 6.61 Å². The van der Waals surface area contributed by atoms with E-state index in [0.717, 1.165) is 31.4 Å². The van der Waals surface area contributed by atoms with Crippen molar-refractivity contribution in [3.63, 3.8) is 0 Å². The summed E-state index contributed by atoms with van der Waals surface area (Å²) in [6.07, 6.45) is 3.96. The van der Waals surface area contributed by atoms with E-state index in [-0.39, 0.29) is 30.1 Å². The Labute approximate surface area is 163 Å². The number of pyridine rings is 1. The van der Waals surface area contributed by atoms with Gasteiger partial charge in [-0.3, -0.25) is 4.79 Å². The van der Waals surface area contributed by atoms with Crippen LogP contribution >= 0.6 is 0 Å². The first-order valence-corrected chi connectivity index (χ1v) is 9.77. The number of hydrogen-bond acceptors (Lipinski definition) is 5. The fraction of sp³-hybridized carbons (Fsp3) is 0.429. The van der Waals surface area contributed by atoms with Gasteiger partial charge in [0.15, 0.2) is 0 Å². The third-order valence-corrected chi connectivity index (χ3v) is 5.39. The molecule has 2 heterocycles. The molecule has 148 valence electrons. The van der Waals surface area contributed by atoms with Gasteiger partial charge in [-0.25, -0.2) is 9.37 Å². The highest BCUT2D eigenvalue weighted by Crippen LogP contribution is 2.28. The van der Waals surface area contributed by atoms with Gasteiger partial charge in [0.25, 0.3) is 5.91 Å². The molecule has 1 saturated heterocycles.